The highest BCUT2D eigenvalue weighted by atomic mass is 32.1. The predicted molar refractivity (Wildman–Crippen MR) is 109 cm³/mol. The van der Waals surface area contributed by atoms with Gasteiger partial charge < -0.3 is 14.4 Å². The highest BCUT2D eigenvalue weighted by molar-refractivity contribution is 7.10. The molecule has 27 heavy (non-hydrogen) atoms. The molecule has 1 aliphatic heterocycles. The molecule has 6 heteroatoms. The summed E-state index contributed by atoms with van der Waals surface area (Å²) in [6.45, 7) is 2.71. The molecule has 1 atom stereocenters. The van der Waals surface area contributed by atoms with Crippen molar-refractivity contribution in [2.75, 3.05) is 20.3 Å². The summed E-state index contributed by atoms with van der Waals surface area (Å²) in [5, 5.41) is 4.18. The molecule has 1 unspecified atom stereocenters. The van der Waals surface area contributed by atoms with E-state index in [1.54, 1.807) is 29.8 Å². The minimum Gasteiger partial charge on any atom is -0.493 e. The Hall–Kier alpha value is -2.31. The van der Waals surface area contributed by atoms with Gasteiger partial charge in [-0.05, 0) is 59.5 Å². The second kappa shape index (κ2) is 7.74. The van der Waals surface area contributed by atoms with Gasteiger partial charge in [0.05, 0.1) is 13.2 Å². The summed E-state index contributed by atoms with van der Waals surface area (Å²) in [5.74, 6) is 1.24. The van der Waals surface area contributed by atoms with Crippen LogP contribution in [0.3, 0.4) is 0 Å². The molecule has 140 valence electrons. The van der Waals surface area contributed by atoms with Crippen LogP contribution in [0.4, 0.5) is 0 Å². The topological polar surface area (TPSA) is 38.8 Å². The molecule has 0 radical (unpaired) electrons. The average Bonchev–Trinajstić information content (AvgIpc) is 3.37. The number of amides is 1. The molecule has 1 aromatic carbocycles. The van der Waals surface area contributed by atoms with E-state index < -0.39 is 0 Å². The number of carbonyl (C=O) groups is 1. The Morgan fingerprint density at radius 3 is 2.85 bits per heavy atom. The highest BCUT2D eigenvalue weighted by Gasteiger charge is 2.33. The first-order valence-corrected chi connectivity index (χ1v) is 10.6. The van der Waals surface area contributed by atoms with E-state index in [-0.39, 0.29) is 18.6 Å². The number of carbonyl (C=O) groups excluding carboxylic acids is 1. The van der Waals surface area contributed by atoms with Gasteiger partial charge in [0, 0.05) is 16.3 Å². The van der Waals surface area contributed by atoms with Crippen molar-refractivity contribution in [2.45, 2.75) is 19.4 Å². The zero-order valence-electron chi connectivity index (χ0n) is 15.3. The molecule has 4 nitrogen and oxygen atoms in total. The van der Waals surface area contributed by atoms with Crippen LogP contribution in [0.5, 0.6) is 11.5 Å². The molecule has 1 aliphatic rings. The second-order valence-corrected chi connectivity index (χ2v) is 8.48. The van der Waals surface area contributed by atoms with E-state index in [4.69, 9.17) is 9.47 Å². The van der Waals surface area contributed by atoms with Gasteiger partial charge in [-0.15, -0.1) is 22.7 Å². The summed E-state index contributed by atoms with van der Waals surface area (Å²) in [4.78, 5) is 17.6. The van der Waals surface area contributed by atoms with Gasteiger partial charge >= 0.3 is 0 Å². The molecule has 0 fully saturated rings. The fourth-order valence-corrected chi connectivity index (χ4v) is 5.21. The number of rotatable bonds is 5. The van der Waals surface area contributed by atoms with Crippen LogP contribution in [-0.2, 0) is 11.2 Å². The molecular formula is C21H21NO3S2. The van der Waals surface area contributed by atoms with E-state index in [0.29, 0.717) is 18.0 Å². The largest absolute Gasteiger partial charge is 0.493 e. The first-order chi connectivity index (χ1) is 13.2. The molecule has 3 heterocycles. The van der Waals surface area contributed by atoms with Crippen molar-refractivity contribution in [2.24, 2.45) is 0 Å². The first-order valence-electron chi connectivity index (χ1n) is 8.84. The van der Waals surface area contributed by atoms with Crippen LogP contribution in [0.2, 0.25) is 0 Å². The normalized spacial score (nSPS) is 16.1. The lowest BCUT2D eigenvalue weighted by molar-refractivity contribution is -0.135. The zero-order chi connectivity index (χ0) is 18.8. The molecule has 1 amide bonds. The number of hydrogen-bond donors (Lipinski definition) is 0. The summed E-state index contributed by atoms with van der Waals surface area (Å²) in [6.07, 6.45) is 0.897. The van der Waals surface area contributed by atoms with Gasteiger partial charge in [-0.1, -0.05) is 12.1 Å². The second-order valence-electron chi connectivity index (χ2n) is 6.50. The molecule has 4 rings (SSSR count). The zero-order valence-corrected chi connectivity index (χ0v) is 16.9. The smallest absolute Gasteiger partial charge is 0.261 e. The van der Waals surface area contributed by atoms with E-state index in [1.165, 1.54) is 15.3 Å². The van der Waals surface area contributed by atoms with Crippen LogP contribution in [0.1, 0.15) is 26.9 Å². The van der Waals surface area contributed by atoms with Crippen LogP contribution in [0.25, 0.3) is 0 Å². The standard InChI is InChI=1S/C21H21NO3S2/c1-14-5-6-16(17(12-14)24-2)25-13-20(23)22-9-7-18-15(8-11-27-18)21(22)19-4-3-10-26-19/h3-6,8,10-12,21H,7,9,13H2,1-2H3. The van der Waals surface area contributed by atoms with Crippen LogP contribution < -0.4 is 9.47 Å². The summed E-state index contributed by atoms with van der Waals surface area (Å²) in [6, 6.07) is 12.0. The van der Waals surface area contributed by atoms with Crippen LogP contribution >= 0.6 is 22.7 Å². The minimum atomic E-state index is -0.0176. The fourth-order valence-electron chi connectivity index (χ4n) is 3.46. The van der Waals surface area contributed by atoms with Crippen molar-refractivity contribution in [3.05, 3.63) is 68.0 Å². The molecule has 0 aliphatic carbocycles. The van der Waals surface area contributed by atoms with Gasteiger partial charge in [0.1, 0.15) is 0 Å². The van der Waals surface area contributed by atoms with Crippen LogP contribution in [0.15, 0.2) is 47.2 Å². The Morgan fingerprint density at radius 1 is 1.19 bits per heavy atom. The van der Waals surface area contributed by atoms with Crippen molar-refractivity contribution >= 4 is 28.6 Å². The van der Waals surface area contributed by atoms with Crippen molar-refractivity contribution in [3.63, 3.8) is 0 Å². The average molecular weight is 400 g/mol. The number of benzene rings is 1. The Morgan fingerprint density at radius 2 is 2.07 bits per heavy atom. The lowest BCUT2D eigenvalue weighted by Crippen LogP contribution is -2.42. The Labute approximate surface area is 167 Å². The number of nitrogens with zero attached hydrogens (tertiary/aromatic N) is 1. The maximum Gasteiger partial charge on any atom is 0.261 e. The van der Waals surface area contributed by atoms with Gasteiger partial charge in [-0.25, -0.2) is 0 Å². The number of aryl methyl sites for hydroxylation is 1. The third kappa shape index (κ3) is 3.59. The molecule has 0 N–H and O–H groups in total. The number of methoxy groups -OCH3 is 1. The maximum atomic E-state index is 13.0. The third-order valence-corrected chi connectivity index (χ3v) is 6.69. The number of hydrogen-bond acceptors (Lipinski definition) is 5. The van der Waals surface area contributed by atoms with E-state index in [9.17, 15) is 4.79 Å². The van der Waals surface area contributed by atoms with E-state index in [0.717, 1.165) is 12.0 Å². The lowest BCUT2D eigenvalue weighted by atomic mass is 9.98. The summed E-state index contributed by atoms with van der Waals surface area (Å²) in [5.41, 5.74) is 2.33. The lowest BCUT2D eigenvalue weighted by Gasteiger charge is -2.35. The quantitative estimate of drug-likeness (QED) is 0.625. The van der Waals surface area contributed by atoms with E-state index >= 15 is 0 Å². The first kappa shape index (κ1) is 18.1. The summed E-state index contributed by atoms with van der Waals surface area (Å²) >= 11 is 3.47. The van der Waals surface area contributed by atoms with Crippen LogP contribution in [-0.4, -0.2) is 31.1 Å². The van der Waals surface area contributed by atoms with Gasteiger partial charge in [-0.2, -0.15) is 0 Å². The van der Waals surface area contributed by atoms with Gasteiger partial charge in [0.15, 0.2) is 18.1 Å². The van der Waals surface area contributed by atoms with Crippen LogP contribution in [0, 0.1) is 6.92 Å². The summed E-state index contributed by atoms with van der Waals surface area (Å²) < 4.78 is 11.2. The van der Waals surface area contributed by atoms with Crippen molar-refractivity contribution < 1.29 is 14.3 Å². The van der Waals surface area contributed by atoms with E-state index in [2.05, 4.69) is 22.9 Å². The molecule has 0 bridgehead atoms. The number of thiophene rings is 2. The monoisotopic (exact) mass is 399 g/mol. The SMILES string of the molecule is COc1cc(C)ccc1OCC(=O)N1CCc2sccc2C1c1cccs1. The van der Waals surface area contributed by atoms with Crippen molar-refractivity contribution in [1.29, 1.82) is 0 Å². The van der Waals surface area contributed by atoms with Gasteiger partial charge in [-0.3, -0.25) is 4.79 Å². The number of ether oxygens (including phenoxy) is 2. The minimum absolute atomic E-state index is 0.000761. The molecule has 0 spiro atoms. The van der Waals surface area contributed by atoms with E-state index in [1.807, 2.05) is 36.1 Å². The van der Waals surface area contributed by atoms with Gasteiger partial charge in [0.25, 0.3) is 5.91 Å². The Kier molecular flexibility index (Phi) is 5.18. The Bertz CT molecular complexity index is 933. The number of fused-ring (bicyclic) bond motifs is 1. The fraction of sp³-hybridized carbons (Fsp3) is 0.286. The molecule has 3 aromatic rings. The summed E-state index contributed by atoms with van der Waals surface area (Å²) in [7, 11) is 1.61. The molecular weight excluding hydrogens is 378 g/mol. The third-order valence-electron chi connectivity index (χ3n) is 4.77. The molecule has 2 aromatic heterocycles. The highest BCUT2D eigenvalue weighted by Crippen LogP contribution is 2.39. The molecule has 0 saturated carbocycles. The van der Waals surface area contributed by atoms with Gasteiger partial charge in [0.2, 0.25) is 0 Å². The molecule has 0 saturated heterocycles. The van der Waals surface area contributed by atoms with Crippen molar-refractivity contribution in [3.8, 4) is 11.5 Å². The predicted octanol–water partition coefficient (Wildman–Crippen LogP) is 4.68. The van der Waals surface area contributed by atoms with Crippen molar-refractivity contribution in [1.82, 2.24) is 4.90 Å². The Balaban J connectivity index is 1.54. The maximum absolute atomic E-state index is 13.0.